The number of nitrogens with one attached hydrogen (secondary N) is 1. The molecule has 0 aromatic heterocycles. The molecule has 0 saturated heterocycles. The van der Waals surface area contributed by atoms with E-state index in [9.17, 15) is 18.0 Å². The summed E-state index contributed by atoms with van der Waals surface area (Å²) in [5, 5.41) is 2.96. The minimum absolute atomic E-state index is 0.135. The summed E-state index contributed by atoms with van der Waals surface area (Å²) in [5.74, 6) is -0.274. The predicted octanol–water partition coefficient (Wildman–Crippen LogP) is 4.00. The highest BCUT2D eigenvalue weighted by atomic mass is 32.2. The number of unbranched alkanes of at least 4 members (excludes halogenated alkanes) is 1. The maximum Gasteiger partial charge on any atom is 0.242 e. The Morgan fingerprint density at radius 3 is 2.11 bits per heavy atom. The Balaban J connectivity index is 2.11. The fourth-order valence-electron chi connectivity index (χ4n) is 4.00. The molecule has 0 fully saturated rings. The van der Waals surface area contributed by atoms with Gasteiger partial charge in [-0.2, -0.15) is 0 Å². The number of hydrogen-bond donors (Lipinski definition) is 1. The third-order valence-corrected chi connectivity index (χ3v) is 7.09. The second-order valence-corrected chi connectivity index (χ2v) is 10.6. The lowest BCUT2D eigenvalue weighted by atomic mass is 10.1. The molecule has 0 heterocycles. The Kier molecular flexibility index (Phi) is 11.8. The van der Waals surface area contributed by atoms with Crippen LogP contribution in [0.4, 0.5) is 5.69 Å². The van der Waals surface area contributed by atoms with Gasteiger partial charge in [0.15, 0.2) is 0 Å². The first-order valence-corrected chi connectivity index (χ1v) is 14.3. The van der Waals surface area contributed by atoms with Gasteiger partial charge in [0.05, 0.1) is 11.9 Å². The summed E-state index contributed by atoms with van der Waals surface area (Å²) in [7, 11) is -3.49. The van der Waals surface area contributed by atoms with E-state index in [0.717, 1.165) is 18.4 Å². The van der Waals surface area contributed by atoms with Gasteiger partial charge in [-0.3, -0.25) is 13.9 Å². The van der Waals surface area contributed by atoms with Crippen LogP contribution < -0.4 is 9.62 Å². The molecule has 2 aromatic carbocycles. The maximum atomic E-state index is 13.3. The zero-order valence-electron chi connectivity index (χ0n) is 21.2. The first kappa shape index (κ1) is 28.4. The molecule has 0 aliphatic carbocycles. The molecule has 2 amide bonds. The first-order chi connectivity index (χ1) is 16.8. The molecule has 2 aromatic rings. The van der Waals surface area contributed by atoms with E-state index in [1.165, 1.54) is 10.6 Å². The highest BCUT2D eigenvalue weighted by Gasteiger charge is 2.28. The van der Waals surface area contributed by atoms with Gasteiger partial charge in [-0.05, 0) is 43.4 Å². The number of carbonyl (C=O) groups excluding carboxylic acids is 2. The standard InChI is InChI=1S/C27H39N3O4S/c1-4-6-20-28-27(32)25(5-2)29(22-19-23-14-9-7-10-15-23)26(31)18-13-21-30(35(3,33)34)24-16-11-8-12-17-24/h7-12,14-17,25H,4-6,13,18-22H2,1-3H3,(H,28,32). The number of nitrogens with zero attached hydrogens (tertiary/aromatic N) is 2. The van der Waals surface area contributed by atoms with E-state index < -0.39 is 16.1 Å². The van der Waals surface area contributed by atoms with E-state index in [-0.39, 0.29) is 24.8 Å². The van der Waals surface area contributed by atoms with Crippen molar-refractivity contribution in [3.8, 4) is 0 Å². The van der Waals surface area contributed by atoms with Gasteiger partial charge in [-0.25, -0.2) is 8.42 Å². The number of carbonyl (C=O) groups is 2. The van der Waals surface area contributed by atoms with E-state index in [1.54, 1.807) is 29.2 Å². The summed E-state index contributed by atoms with van der Waals surface area (Å²) in [5.41, 5.74) is 1.67. The average molecular weight is 502 g/mol. The van der Waals surface area contributed by atoms with Crippen LogP contribution >= 0.6 is 0 Å². The lowest BCUT2D eigenvalue weighted by molar-refractivity contribution is -0.140. The number of amides is 2. The van der Waals surface area contributed by atoms with Crippen LogP contribution in [0.15, 0.2) is 60.7 Å². The second kappa shape index (κ2) is 14.5. The molecule has 0 radical (unpaired) electrons. The van der Waals surface area contributed by atoms with E-state index in [0.29, 0.717) is 38.0 Å². The average Bonchev–Trinajstić information content (AvgIpc) is 2.84. The molecular formula is C27H39N3O4S. The number of anilines is 1. The Bertz CT molecular complexity index is 1010. The summed E-state index contributed by atoms with van der Waals surface area (Å²) in [6.07, 6.45) is 4.71. The third kappa shape index (κ3) is 9.36. The molecule has 0 saturated carbocycles. The lowest BCUT2D eigenvalue weighted by Gasteiger charge is -2.31. The number of sulfonamides is 1. The minimum Gasteiger partial charge on any atom is -0.354 e. The van der Waals surface area contributed by atoms with Crippen LogP contribution in [-0.2, 0) is 26.0 Å². The summed E-state index contributed by atoms with van der Waals surface area (Å²) < 4.78 is 26.0. The highest BCUT2D eigenvalue weighted by molar-refractivity contribution is 7.92. The van der Waals surface area contributed by atoms with Crippen molar-refractivity contribution in [3.63, 3.8) is 0 Å². The van der Waals surface area contributed by atoms with Crippen LogP contribution in [0.5, 0.6) is 0 Å². The van der Waals surface area contributed by atoms with Gasteiger partial charge in [-0.15, -0.1) is 0 Å². The SMILES string of the molecule is CCCCNC(=O)C(CC)N(CCc1ccccc1)C(=O)CCCN(c1ccccc1)S(C)(=O)=O. The molecular weight excluding hydrogens is 462 g/mol. The van der Waals surface area contributed by atoms with Gasteiger partial charge in [0.25, 0.3) is 0 Å². The molecule has 1 N–H and O–H groups in total. The maximum absolute atomic E-state index is 13.3. The van der Waals surface area contributed by atoms with Crippen LogP contribution in [0, 0.1) is 0 Å². The highest BCUT2D eigenvalue weighted by Crippen LogP contribution is 2.18. The van der Waals surface area contributed by atoms with Gasteiger partial charge in [0.1, 0.15) is 6.04 Å². The van der Waals surface area contributed by atoms with Gasteiger partial charge in [0, 0.05) is 26.1 Å². The van der Waals surface area contributed by atoms with Gasteiger partial charge in [-0.1, -0.05) is 68.8 Å². The zero-order valence-corrected chi connectivity index (χ0v) is 22.0. The van der Waals surface area contributed by atoms with Crippen molar-refractivity contribution in [2.24, 2.45) is 0 Å². The molecule has 1 atom stereocenters. The molecule has 0 aliphatic rings. The van der Waals surface area contributed by atoms with Gasteiger partial charge < -0.3 is 10.2 Å². The fraction of sp³-hybridized carbons (Fsp3) is 0.481. The van der Waals surface area contributed by atoms with Crippen molar-refractivity contribution >= 4 is 27.5 Å². The summed E-state index contributed by atoms with van der Waals surface area (Å²) in [6, 6.07) is 18.2. The van der Waals surface area contributed by atoms with Crippen LogP contribution in [-0.4, -0.2) is 57.1 Å². The van der Waals surface area contributed by atoms with Gasteiger partial charge >= 0.3 is 0 Å². The smallest absolute Gasteiger partial charge is 0.242 e. The number of rotatable bonds is 15. The van der Waals surface area contributed by atoms with Crippen molar-refractivity contribution in [3.05, 3.63) is 66.2 Å². The number of benzene rings is 2. The number of hydrogen-bond acceptors (Lipinski definition) is 4. The van der Waals surface area contributed by atoms with E-state index in [1.807, 2.05) is 43.3 Å². The molecule has 0 aliphatic heterocycles. The molecule has 35 heavy (non-hydrogen) atoms. The van der Waals surface area contributed by atoms with E-state index in [2.05, 4.69) is 12.2 Å². The Morgan fingerprint density at radius 1 is 0.914 bits per heavy atom. The molecule has 2 rings (SSSR count). The second-order valence-electron chi connectivity index (χ2n) is 8.67. The monoisotopic (exact) mass is 501 g/mol. The summed E-state index contributed by atoms with van der Waals surface area (Å²) in [4.78, 5) is 27.9. The predicted molar refractivity (Wildman–Crippen MR) is 142 cm³/mol. The summed E-state index contributed by atoms with van der Waals surface area (Å²) in [6.45, 7) is 5.19. The zero-order chi connectivity index (χ0) is 25.7. The molecule has 192 valence electrons. The molecule has 0 bridgehead atoms. The Labute approximate surface area is 210 Å². The van der Waals surface area contributed by atoms with Gasteiger partial charge in [0.2, 0.25) is 21.8 Å². The van der Waals surface area contributed by atoms with E-state index >= 15 is 0 Å². The van der Waals surface area contributed by atoms with Crippen molar-refractivity contribution in [2.45, 2.75) is 58.4 Å². The minimum atomic E-state index is -3.49. The van der Waals surface area contributed by atoms with Crippen molar-refractivity contribution in [1.29, 1.82) is 0 Å². The normalized spacial score (nSPS) is 12.1. The fourth-order valence-corrected chi connectivity index (χ4v) is 4.97. The van der Waals surface area contributed by atoms with Crippen LogP contribution in [0.3, 0.4) is 0 Å². The third-order valence-electron chi connectivity index (χ3n) is 5.90. The molecule has 0 spiro atoms. The van der Waals surface area contributed by atoms with Crippen LogP contribution in [0.2, 0.25) is 0 Å². The van der Waals surface area contributed by atoms with Crippen molar-refractivity contribution in [1.82, 2.24) is 10.2 Å². The number of para-hydroxylation sites is 1. The van der Waals surface area contributed by atoms with Crippen LogP contribution in [0.25, 0.3) is 0 Å². The molecule has 7 nitrogen and oxygen atoms in total. The van der Waals surface area contributed by atoms with Crippen molar-refractivity contribution in [2.75, 3.05) is 30.2 Å². The summed E-state index contributed by atoms with van der Waals surface area (Å²) >= 11 is 0. The topological polar surface area (TPSA) is 86.8 Å². The molecule has 1 unspecified atom stereocenters. The quantitative estimate of drug-likeness (QED) is 0.374. The Morgan fingerprint density at radius 2 is 1.54 bits per heavy atom. The lowest BCUT2D eigenvalue weighted by Crippen LogP contribution is -2.50. The Hall–Kier alpha value is -2.87. The largest absolute Gasteiger partial charge is 0.354 e. The van der Waals surface area contributed by atoms with Crippen LogP contribution in [0.1, 0.15) is 51.5 Å². The van der Waals surface area contributed by atoms with E-state index in [4.69, 9.17) is 0 Å². The first-order valence-electron chi connectivity index (χ1n) is 12.4. The molecule has 8 heteroatoms. The van der Waals surface area contributed by atoms with Crippen molar-refractivity contribution < 1.29 is 18.0 Å².